The zero-order valence-electron chi connectivity index (χ0n) is 10.8. The second-order valence-corrected chi connectivity index (χ2v) is 4.57. The summed E-state index contributed by atoms with van der Waals surface area (Å²) < 4.78 is 5.62. The lowest BCUT2D eigenvalue weighted by Gasteiger charge is -2.26. The third-order valence-corrected chi connectivity index (χ3v) is 3.35. The van der Waals surface area contributed by atoms with E-state index in [1.165, 1.54) is 18.2 Å². The Morgan fingerprint density at radius 2 is 2.00 bits per heavy atom. The lowest BCUT2D eigenvalue weighted by molar-refractivity contribution is -0.384. The van der Waals surface area contributed by atoms with Gasteiger partial charge in [-0.05, 0) is 11.6 Å². The van der Waals surface area contributed by atoms with Crippen LogP contribution in [0.1, 0.15) is 11.7 Å². The van der Waals surface area contributed by atoms with Crippen LogP contribution in [-0.2, 0) is 4.79 Å². The molecule has 2 aromatic carbocycles. The highest BCUT2D eigenvalue weighted by molar-refractivity contribution is 6.28. The van der Waals surface area contributed by atoms with Crippen molar-refractivity contribution in [1.29, 1.82) is 5.41 Å². The highest BCUT2D eigenvalue weighted by Crippen LogP contribution is 2.43. The van der Waals surface area contributed by atoms with Crippen LogP contribution < -0.4 is 4.74 Å². The molecule has 0 spiro atoms. The molecular weight excluding hydrogens is 272 g/mol. The first kappa shape index (κ1) is 13.0. The van der Waals surface area contributed by atoms with Crippen molar-refractivity contribution in [2.75, 3.05) is 0 Å². The molecule has 6 heteroatoms. The van der Waals surface area contributed by atoms with Crippen LogP contribution in [0.4, 0.5) is 5.69 Å². The van der Waals surface area contributed by atoms with Gasteiger partial charge in [-0.2, -0.15) is 0 Å². The zero-order chi connectivity index (χ0) is 15.0. The first-order valence-corrected chi connectivity index (χ1v) is 6.20. The smallest absolute Gasteiger partial charge is 0.270 e. The Bertz CT molecular complexity index is 770. The zero-order valence-corrected chi connectivity index (χ0v) is 10.8. The van der Waals surface area contributed by atoms with Gasteiger partial charge < -0.3 is 10.1 Å². The molecule has 0 radical (unpaired) electrons. The van der Waals surface area contributed by atoms with Crippen LogP contribution in [0.3, 0.4) is 0 Å². The number of carbonyl (C=O) groups is 1. The Morgan fingerprint density at radius 3 is 2.71 bits per heavy atom. The fourth-order valence-corrected chi connectivity index (χ4v) is 2.39. The SMILES string of the molecule is N=CC(=O)C1Oc2ccc([N+](=O)[O-])cc2-c2ccccc21. The van der Waals surface area contributed by atoms with E-state index in [9.17, 15) is 14.9 Å². The summed E-state index contributed by atoms with van der Waals surface area (Å²) in [4.78, 5) is 22.3. The molecule has 0 saturated heterocycles. The predicted molar refractivity (Wildman–Crippen MR) is 75.7 cm³/mol. The van der Waals surface area contributed by atoms with Crippen molar-refractivity contribution >= 4 is 17.7 Å². The number of ether oxygens (including phenoxy) is 1. The van der Waals surface area contributed by atoms with Crippen LogP contribution in [0.25, 0.3) is 11.1 Å². The van der Waals surface area contributed by atoms with Crippen molar-refractivity contribution in [1.82, 2.24) is 0 Å². The summed E-state index contributed by atoms with van der Waals surface area (Å²) in [7, 11) is 0. The van der Waals surface area contributed by atoms with Crippen LogP contribution in [0, 0.1) is 15.5 Å². The molecule has 104 valence electrons. The van der Waals surface area contributed by atoms with Crippen molar-refractivity contribution in [3.63, 3.8) is 0 Å². The van der Waals surface area contributed by atoms with E-state index < -0.39 is 16.8 Å². The lowest BCUT2D eigenvalue weighted by atomic mass is 9.91. The second-order valence-electron chi connectivity index (χ2n) is 4.57. The number of rotatable bonds is 3. The molecule has 0 fully saturated rings. The van der Waals surface area contributed by atoms with Gasteiger partial charge in [0.2, 0.25) is 5.78 Å². The Morgan fingerprint density at radius 1 is 1.24 bits per heavy atom. The van der Waals surface area contributed by atoms with Gasteiger partial charge >= 0.3 is 0 Å². The van der Waals surface area contributed by atoms with Gasteiger partial charge in [0.25, 0.3) is 5.69 Å². The maximum absolute atomic E-state index is 11.8. The number of ketones is 1. The Hall–Kier alpha value is -3.02. The fourth-order valence-electron chi connectivity index (χ4n) is 2.39. The molecule has 1 unspecified atom stereocenters. The molecule has 0 aliphatic carbocycles. The Balaban J connectivity index is 2.21. The first-order chi connectivity index (χ1) is 10.1. The summed E-state index contributed by atoms with van der Waals surface area (Å²) in [6, 6.07) is 11.3. The molecule has 0 aromatic heterocycles. The molecule has 1 heterocycles. The quantitative estimate of drug-likeness (QED) is 0.532. The summed E-state index contributed by atoms with van der Waals surface area (Å²) >= 11 is 0. The maximum atomic E-state index is 11.8. The molecule has 1 aliphatic rings. The van der Waals surface area contributed by atoms with Crippen LogP contribution in [-0.4, -0.2) is 16.9 Å². The topological polar surface area (TPSA) is 93.3 Å². The number of fused-ring (bicyclic) bond motifs is 3. The van der Waals surface area contributed by atoms with Crippen LogP contribution in [0.2, 0.25) is 0 Å². The minimum Gasteiger partial charge on any atom is -0.477 e. The van der Waals surface area contributed by atoms with E-state index in [2.05, 4.69) is 0 Å². The van der Waals surface area contributed by atoms with Gasteiger partial charge in [-0.1, -0.05) is 24.3 Å². The molecule has 3 rings (SSSR count). The number of benzene rings is 2. The van der Waals surface area contributed by atoms with Crippen molar-refractivity contribution in [2.24, 2.45) is 0 Å². The van der Waals surface area contributed by atoms with Crippen molar-refractivity contribution in [3.05, 3.63) is 58.1 Å². The van der Waals surface area contributed by atoms with Crippen molar-refractivity contribution < 1.29 is 14.5 Å². The molecule has 1 aliphatic heterocycles. The summed E-state index contributed by atoms with van der Waals surface area (Å²) in [6.07, 6.45) is -0.162. The molecule has 0 saturated carbocycles. The molecule has 6 nitrogen and oxygen atoms in total. The van der Waals surface area contributed by atoms with Gasteiger partial charge in [-0.25, -0.2) is 0 Å². The van der Waals surface area contributed by atoms with Crippen molar-refractivity contribution in [2.45, 2.75) is 6.10 Å². The van der Waals surface area contributed by atoms with Crippen molar-refractivity contribution in [3.8, 4) is 16.9 Å². The number of nitro benzene ring substituents is 1. The monoisotopic (exact) mass is 282 g/mol. The van der Waals surface area contributed by atoms with E-state index in [1.54, 1.807) is 24.3 Å². The number of carbonyl (C=O) groups excluding carboxylic acids is 1. The first-order valence-electron chi connectivity index (χ1n) is 6.20. The number of hydrogen-bond donors (Lipinski definition) is 1. The Kier molecular flexibility index (Phi) is 2.98. The molecule has 0 amide bonds. The summed E-state index contributed by atoms with van der Waals surface area (Å²) in [5.74, 6) is -0.0639. The van der Waals surface area contributed by atoms with E-state index in [0.717, 1.165) is 6.21 Å². The third-order valence-electron chi connectivity index (χ3n) is 3.35. The van der Waals surface area contributed by atoms with Crippen LogP contribution in [0.15, 0.2) is 42.5 Å². The molecule has 21 heavy (non-hydrogen) atoms. The normalized spacial score (nSPS) is 15.3. The average Bonchev–Trinajstić information content (AvgIpc) is 2.52. The van der Waals surface area contributed by atoms with E-state index >= 15 is 0 Å². The largest absolute Gasteiger partial charge is 0.477 e. The molecule has 1 atom stereocenters. The fraction of sp³-hybridized carbons (Fsp3) is 0.0667. The molecule has 2 aromatic rings. The second kappa shape index (κ2) is 4.82. The van der Waals surface area contributed by atoms with E-state index in [0.29, 0.717) is 22.4 Å². The number of Topliss-reactive ketones (excluding diaryl/α,β-unsaturated/α-hetero) is 1. The predicted octanol–water partition coefficient (Wildman–Crippen LogP) is 2.91. The van der Waals surface area contributed by atoms with Gasteiger partial charge in [0, 0.05) is 23.3 Å². The molecule has 1 N–H and O–H groups in total. The Labute approximate surface area is 119 Å². The average molecular weight is 282 g/mol. The standard InChI is InChI=1S/C15H10N2O4/c16-8-13(18)15-11-4-2-1-3-10(11)12-7-9(17(19)20)5-6-14(12)21-15/h1-8,15-16H. The summed E-state index contributed by atoms with van der Waals surface area (Å²) in [5.41, 5.74) is 1.86. The minimum absolute atomic E-state index is 0.0380. The highest BCUT2D eigenvalue weighted by Gasteiger charge is 2.31. The molecular formula is C15H10N2O4. The van der Waals surface area contributed by atoms with Gasteiger partial charge in [0.05, 0.1) is 11.1 Å². The number of nitrogens with zero attached hydrogens (tertiary/aromatic N) is 1. The summed E-state index contributed by atoms with van der Waals surface area (Å²) in [6.45, 7) is 0. The van der Waals surface area contributed by atoms with E-state index in [4.69, 9.17) is 10.1 Å². The third kappa shape index (κ3) is 2.06. The van der Waals surface area contributed by atoms with E-state index in [1.807, 2.05) is 0 Å². The highest BCUT2D eigenvalue weighted by atomic mass is 16.6. The molecule has 0 bridgehead atoms. The van der Waals surface area contributed by atoms with E-state index in [-0.39, 0.29) is 5.69 Å². The van der Waals surface area contributed by atoms with Gasteiger partial charge in [0.15, 0.2) is 6.10 Å². The number of non-ortho nitro benzene ring substituents is 1. The number of hydrogen-bond acceptors (Lipinski definition) is 5. The number of nitro groups is 1. The number of nitrogens with one attached hydrogen (secondary N) is 1. The lowest BCUT2D eigenvalue weighted by Crippen LogP contribution is -2.23. The van der Waals surface area contributed by atoms with Crippen LogP contribution >= 0.6 is 0 Å². The summed E-state index contributed by atoms with van der Waals surface area (Å²) in [5, 5.41) is 18.0. The van der Waals surface area contributed by atoms with Crippen LogP contribution in [0.5, 0.6) is 5.75 Å². The van der Waals surface area contributed by atoms with Gasteiger partial charge in [-0.15, -0.1) is 0 Å². The minimum atomic E-state index is -0.882. The van der Waals surface area contributed by atoms with Gasteiger partial charge in [0.1, 0.15) is 5.75 Å². The van der Waals surface area contributed by atoms with Gasteiger partial charge in [-0.3, -0.25) is 14.9 Å². The maximum Gasteiger partial charge on any atom is 0.270 e.